The molecule has 0 heterocycles. The van der Waals surface area contributed by atoms with Gasteiger partial charge < -0.3 is 15.6 Å². The minimum absolute atomic E-state index is 0.0827. The number of hydrogen-bond donors (Lipinski definition) is 2. The number of esters is 1. The summed E-state index contributed by atoms with van der Waals surface area (Å²) >= 11 is 0. The zero-order valence-electron chi connectivity index (χ0n) is 15.4. The van der Waals surface area contributed by atoms with Crippen LogP contribution in [-0.4, -0.2) is 30.3 Å². The predicted molar refractivity (Wildman–Crippen MR) is 96.3 cm³/mol. The first kappa shape index (κ1) is 22.4. The average Bonchev–Trinajstić information content (AvgIpc) is 2.56. The lowest BCUT2D eigenvalue weighted by molar-refractivity contribution is -0.140. The smallest absolute Gasteiger partial charge is 0.305 e. The van der Waals surface area contributed by atoms with Gasteiger partial charge in [0.2, 0.25) is 0 Å². The number of rotatable bonds is 16. The third-order valence-corrected chi connectivity index (χ3v) is 4.49. The molecule has 138 valence electrons. The first-order valence-electron chi connectivity index (χ1n) is 9.62. The summed E-state index contributed by atoms with van der Waals surface area (Å²) in [7, 11) is 1.43. The van der Waals surface area contributed by atoms with Gasteiger partial charge in [-0.1, -0.05) is 71.1 Å². The summed E-state index contributed by atoms with van der Waals surface area (Å²) in [6.45, 7) is 2.22. The highest BCUT2D eigenvalue weighted by atomic mass is 16.5. The lowest BCUT2D eigenvalue weighted by atomic mass is 9.98. The SMILES string of the molecule is CCCCCCCCC(O)C(N)CCCCCCCC(=O)OC. The van der Waals surface area contributed by atoms with Crippen molar-refractivity contribution in [3.05, 3.63) is 0 Å². The molecule has 0 radical (unpaired) electrons. The van der Waals surface area contributed by atoms with Crippen LogP contribution in [0.25, 0.3) is 0 Å². The van der Waals surface area contributed by atoms with Gasteiger partial charge in [-0.3, -0.25) is 4.79 Å². The molecule has 0 rings (SSSR count). The number of methoxy groups -OCH3 is 1. The fourth-order valence-electron chi connectivity index (χ4n) is 2.82. The maximum absolute atomic E-state index is 11.0. The van der Waals surface area contributed by atoms with Crippen molar-refractivity contribution in [3.63, 3.8) is 0 Å². The number of unbranched alkanes of at least 4 members (excludes halogenated alkanes) is 9. The van der Waals surface area contributed by atoms with E-state index in [2.05, 4.69) is 11.7 Å². The third-order valence-electron chi connectivity index (χ3n) is 4.49. The monoisotopic (exact) mass is 329 g/mol. The molecule has 0 fully saturated rings. The second kappa shape index (κ2) is 16.3. The molecule has 0 aliphatic heterocycles. The van der Waals surface area contributed by atoms with E-state index in [-0.39, 0.29) is 18.1 Å². The molecule has 3 N–H and O–H groups in total. The summed E-state index contributed by atoms with van der Waals surface area (Å²) < 4.78 is 4.61. The Bertz CT molecular complexity index is 271. The van der Waals surface area contributed by atoms with Gasteiger partial charge in [0.1, 0.15) is 0 Å². The van der Waals surface area contributed by atoms with Crippen LogP contribution in [0.3, 0.4) is 0 Å². The second-order valence-electron chi connectivity index (χ2n) is 6.67. The Kier molecular flexibility index (Phi) is 15.8. The van der Waals surface area contributed by atoms with Crippen LogP contribution in [-0.2, 0) is 9.53 Å². The fraction of sp³-hybridized carbons (Fsp3) is 0.947. The number of carbonyl (C=O) groups excluding carboxylic acids is 1. The van der Waals surface area contributed by atoms with E-state index in [0.29, 0.717) is 6.42 Å². The summed E-state index contributed by atoms with van der Waals surface area (Å²) in [5.41, 5.74) is 6.07. The summed E-state index contributed by atoms with van der Waals surface area (Å²) in [5.74, 6) is -0.121. The summed E-state index contributed by atoms with van der Waals surface area (Å²) in [4.78, 5) is 11.0. The van der Waals surface area contributed by atoms with Gasteiger partial charge in [0.25, 0.3) is 0 Å². The van der Waals surface area contributed by atoms with Gasteiger partial charge in [-0.05, 0) is 19.3 Å². The van der Waals surface area contributed by atoms with Crippen LogP contribution in [0, 0.1) is 0 Å². The van der Waals surface area contributed by atoms with Crippen molar-refractivity contribution in [3.8, 4) is 0 Å². The Balaban J connectivity index is 3.40. The van der Waals surface area contributed by atoms with Gasteiger partial charge in [0.05, 0.1) is 13.2 Å². The molecule has 0 saturated carbocycles. The highest BCUT2D eigenvalue weighted by Crippen LogP contribution is 2.14. The van der Waals surface area contributed by atoms with Gasteiger partial charge in [-0.25, -0.2) is 0 Å². The first-order chi connectivity index (χ1) is 11.1. The maximum Gasteiger partial charge on any atom is 0.305 e. The fourth-order valence-corrected chi connectivity index (χ4v) is 2.82. The van der Waals surface area contributed by atoms with Gasteiger partial charge in [-0.15, -0.1) is 0 Å². The first-order valence-corrected chi connectivity index (χ1v) is 9.62. The normalized spacial score (nSPS) is 13.7. The van der Waals surface area contributed by atoms with E-state index in [0.717, 1.165) is 51.4 Å². The van der Waals surface area contributed by atoms with E-state index < -0.39 is 0 Å². The molecule has 4 nitrogen and oxygen atoms in total. The summed E-state index contributed by atoms with van der Waals surface area (Å²) in [6, 6.07) is -0.0827. The van der Waals surface area contributed by atoms with Gasteiger partial charge in [0.15, 0.2) is 0 Å². The lowest BCUT2D eigenvalue weighted by Gasteiger charge is -2.18. The Morgan fingerprint density at radius 1 is 0.913 bits per heavy atom. The third kappa shape index (κ3) is 14.7. The van der Waals surface area contributed by atoms with E-state index in [1.165, 1.54) is 39.2 Å². The van der Waals surface area contributed by atoms with Crippen LogP contribution in [0.15, 0.2) is 0 Å². The van der Waals surface area contributed by atoms with Crippen molar-refractivity contribution in [2.45, 2.75) is 109 Å². The van der Waals surface area contributed by atoms with E-state index in [1.807, 2.05) is 0 Å². The zero-order valence-corrected chi connectivity index (χ0v) is 15.4. The van der Waals surface area contributed by atoms with Gasteiger partial charge in [0, 0.05) is 12.5 Å². The van der Waals surface area contributed by atoms with Gasteiger partial charge >= 0.3 is 5.97 Å². The van der Waals surface area contributed by atoms with Crippen LogP contribution < -0.4 is 5.73 Å². The molecule has 0 aromatic carbocycles. The van der Waals surface area contributed by atoms with Crippen molar-refractivity contribution >= 4 is 5.97 Å². The number of hydrogen-bond acceptors (Lipinski definition) is 4. The zero-order chi connectivity index (χ0) is 17.3. The van der Waals surface area contributed by atoms with Crippen molar-refractivity contribution in [1.29, 1.82) is 0 Å². The van der Waals surface area contributed by atoms with Crippen LogP contribution in [0.4, 0.5) is 0 Å². The molecule has 0 aromatic heterocycles. The molecular formula is C19H39NO3. The maximum atomic E-state index is 11.0. The van der Waals surface area contributed by atoms with Crippen LogP contribution in [0.1, 0.15) is 96.8 Å². The molecule has 2 unspecified atom stereocenters. The van der Waals surface area contributed by atoms with E-state index in [1.54, 1.807) is 0 Å². The van der Waals surface area contributed by atoms with Crippen LogP contribution in [0.5, 0.6) is 0 Å². The molecule has 0 saturated heterocycles. The number of aliphatic hydroxyl groups is 1. The molecule has 0 aliphatic rings. The van der Waals surface area contributed by atoms with Crippen molar-refractivity contribution in [1.82, 2.24) is 0 Å². The molecule has 23 heavy (non-hydrogen) atoms. The van der Waals surface area contributed by atoms with E-state index in [4.69, 9.17) is 5.73 Å². The lowest BCUT2D eigenvalue weighted by Crippen LogP contribution is -2.34. The summed E-state index contributed by atoms with van der Waals surface area (Å²) in [6.07, 6.45) is 14.7. The molecular weight excluding hydrogens is 290 g/mol. The highest BCUT2D eigenvalue weighted by molar-refractivity contribution is 5.68. The Hall–Kier alpha value is -0.610. The number of carbonyl (C=O) groups is 1. The number of ether oxygens (including phenoxy) is 1. The second-order valence-corrected chi connectivity index (χ2v) is 6.67. The minimum Gasteiger partial charge on any atom is -0.469 e. The quantitative estimate of drug-likeness (QED) is 0.326. The Morgan fingerprint density at radius 2 is 1.43 bits per heavy atom. The number of aliphatic hydroxyl groups excluding tert-OH is 1. The Morgan fingerprint density at radius 3 is 2.04 bits per heavy atom. The number of nitrogens with two attached hydrogens (primary N) is 1. The minimum atomic E-state index is -0.347. The van der Waals surface area contributed by atoms with Crippen LogP contribution in [0.2, 0.25) is 0 Å². The van der Waals surface area contributed by atoms with E-state index >= 15 is 0 Å². The molecule has 2 atom stereocenters. The molecule has 0 aliphatic carbocycles. The predicted octanol–water partition coefficient (Wildman–Crippen LogP) is 4.33. The Labute approximate surface area is 143 Å². The molecule has 0 bridgehead atoms. The molecule has 0 spiro atoms. The van der Waals surface area contributed by atoms with Crippen LogP contribution >= 0.6 is 0 Å². The van der Waals surface area contributed by atoms with E-state index in [9.17, 15) is 9.90 Å². The van der Waals surface area contributed by atoms with Crippen molar-refractivity contribution in [2.24, 2.45) is 5.73 Å². The highest BCUT2D eigenvalue weighted by Gasteiger charge is 2.13. The van der Waals surface area contributed by atoms with Crippen molar-refractivity contribution < 1.29 is 14.6 Å². The van der Waals surface area contributed by atoms with Crippen molar-refractivity contribution in [2.75, 3.05) is 7.11 Å². The van der Waals surface area contributed by atoms with Gasteiger partial charge in [-0.2, -0.15) is 0 Å². The molecule has 0 amide bonds. The summed E-state index contributed by atoms with van der Waals surface area (Å²) in [5, 5.41) is 10.1. The average molecular weight is 330 g/mol. The largest absolute Gasteiger partial charge is 0.469 e. The molecule has 4 heteroatoms. The molecule has 0 aromatic rings. The topological polar surface area (TPSA) is 72.5 Å². The standard InChI is InChI=1S/C19H39NO3/c1-3-4-5-6-9-12-15-18(21)17(20)14-11-8-7-10-13-16-19(22)23-2/h17-18,21H,3-16,20H2,1-2H3.